The van der Waals surface area contributed by atoms with Crippen molar-refractivity contribution >= 4 is 5.91 Å². The molecule has 1 aliphatic rings. The summed E-state index contributed by atoms with van der Waals surface area (Å²) in [4.78, 5) is 12.5. The first-order chi connectivity index (χ1) is 12.0. The molecule has 7 heteroatoms. The molecular formula is C18H21F2N3O2. The average molecular weight is 349 g/mol. The highest BCUT2D eigenvalue weighted by Gasteiger charge is 2.30. The molecule has 0 spiro atoms. The maximum atomic E-state index is 13.0. The molecule has 134 valence electrons. The molecule has 0 fully saturated rings. The summed E-state index contributed by atoms with van der Waals surface area (Å²) in [5.41, 5.74) is 3.92. The molecule has 0 aliphatic heterocycles. The number of hydrogen-bond acceptors (Lipinski definition) is 3. The minimum atomic E-state index is -2.73. The highest BCUT2D eigenvalue weighted by atomic mass is 19.3. The van der Waals surface area contributed by atoms with E-state index in [0.29, 0.717) is 6.42 Å². The molecule has 1 aliphatic carbocycles. The third kappa shape index (κ3) is 3.42. The molecule has 1 unspecified atom stereocenters. The van der Waals surface area contributed by atoms with Crippen LogP contribution in [-0.4, -0.2) is 39.9 Å². The SMILES string of the molecule is Cc1ccccc1-n1nc(C(=O)NC(CCO)C(F)F)c2c1CCC2. The number of aliphatic hydroxyl groups excluding tert-OH is 1. The Hall–Kier alpha value is -2.28. The number of aromatic nitrogens is 2. The number of aryl methyl sites for hydroxylation is 1. The van der Waals surface area contributed by atoms with Crippen molar-refractivity contribution in [2.75, 3.05) is 6.61 Å². The van der Waals surface area contributed by atoms with E-state index < -0.39 is 25.0 Å². The Morgan fingerprint density at radius 3 is 2.80 bits per heavy atom. The number of carbonyl (C=O) groups excluding carboxylic acids is 1. The molecule has 0 saturated heterocycles. The van der Waals surface area contributed by atoms with Crippen molar-refractivity contribution in [3.63, 3.8) is 0 Å². The molecule has 2 aromatic rings. The van der Waals surface area contributed by atoms with Crippen LogP contribution in [-0.2, 0) is 12.8 Å². The van der Waals surface area contributed by atoms with Gasteiger partial charge in [0.15, 0.2) is 5.69 Å². The van der Waals surface area contributed by atoms with E-state index in [4.69, 9.17) is 5.11 Å². The number of benzene rings is 1. The normalized spacial score (nSPS) is 14.6. The summed E-state index contributed by atoms with van der Waals surface area (Å²) in [6.45, 7) is 1.55. The lowest BCUT2D eigenvalue weighted by atomic mass is 10.1. The monoisotopic (exact) mass is 349 g/mol. The third-order valence-corrected chi connectivity index (χ3v) is 4.55. The molecule has 0 radical (unpaired) electrons. The van der Waals surface area contributed by atoms with Crippen LogP contribution in [0.5, 0.6) is 0 Å². The van der Waals surface area contributed by atoms with Crippen LogP contribution in [0.2, 0.25) is 0 Å². The minimum absolute atomic E-state index is 0.190. The van der Waals surface area contributed by atoms with Crippen LogP contribution in [0.1, 0.15) is 40.2 Å². The van der Waals surface area contributed by atoms with E-state index in [1.807, 2.05) is 31.2 Å². The van der Waals surface area contributed by atoms with E-state index in [1.54, 1.807) is 4.68 Å². The van der Waals surface area contributed by atoms with Gasteiger partial charge in [0.05, 0.1) is 11.7 Å². The standard InChI is InChI=1S/C18H21F2N3O2/c1-11-5-2-3-7-14(11)23-15-8-4-6-12(15)16(22-23)18(25)21-13(9-10-24)17(19)20/h2-3,5,7,13,17,24H,4,6,8-10H2,1H3,(H,21,25). The lowest BCUT2D eigenvalue weighted by molar-refractivity contribution is 0.0672. The van der Waals surface area contributed by atoms with Crippen molar-refractivity contribution in [3.8, 4) is 5.69 Å². The second-order valence-electron chi connectivity index (χ2n) is 6.25. The number of nitrogens with zero attached hydrogens (tertiary/aromatic N) is 2. The van der Waals surface area contributed by atoms with Gasteiger partial charge in [-0.25, -0.2) is 13.5 Å². The van der Waals surface area contributed by atoms with Crippen LogP contribution in [0, 0.1) is 6.92 Å². The molecule has 2 N–H and O–H groups in total. The Kier molecular flexibility index (Phi) is 5.13. The van der Waals surface area contributed by atoms with Crippen molar-refractivity contribution in [2.24, 2.45) is 0 Å². The van der Waals surface area contributed by atoms with Gasteiger partial charge in [-0.3, -0.25) is 4.79 Å². The van der Waals surface area contributed by atoms with Crippen molar-refractivity contribution in [2.45, 2.75) is 45.1 Å². The van der Waals surface area contributed by atoms with Gasteiger partial charge >= 0.3 is 0 Å². The first-order valence-electron chi connectivity index (χ1n) is 8.39. The Labute approximate surface area is 144 Å². The summed E-state index contributed by atoms with van der Waals surface area (Å²) < 4.78 is 27.8. The van der Waals surface area contributed by atoms with Gasteiger partial charge in [0, 0.05) is 17.9 Å². The topological polar surface area (TPSA) is 67.2 Å². The van der Waals surface area contributed by atoms with Crippen molar-refractivity contribution in [1.82, 2.24) is 15.1 Å². The summed E-state index contributed by atoms with van der Waals surface area (Å²) in [6, 6.07) is 6.35. The number of hydrogen-bond donors (Lipinski definition) is 2. The van der Waals surface area contributed by atoms with Crippen LogP contribution in [0.4, 0.5) is 8.78 Å². The van der Waals surface area contributed by atoms with Crippen LogP contribution in [0.15, 0.2) is 24.3 Å². The number of amides is 1. The fourth-order valence-corrected chi connectivity index (χ4v) is 3.26. The van der Waals surface area contributed by atoms with Crippen molar-refractivity contribution < 1.29 is 18.7 Å². The van der Waals surface area contributed by atoms with Gasteiger partial charge in [0.1, 0.15) is 0 Å². The second kappa shape index (κ2) is 7.31. The number of para-hydroxylation sites is 1. The number of nitrogens with one attached hydrogen (secondary N) is 1. The van der Waals surface area contributed by atoms with Crippen molar-refractivity contribution in [1.29, 1.82) is 0 Å². The predicted octanol–water partition coefficient (Wildman–Crippen LogP) is 2.42. The fourth-order valence-electron chi connectivity index (χ4n) is 3.26. The number of aliphatic hydroxyl groups is 1. The third-order valence-electron chi connectivity index (χ3n) is 4.55. The van der Waals surface area contributed by atoms with Crippen LogP contribution in [0.3, 0.4) is 0 Å². The summed E-state index contributed by atoms with van der Waals surface area (Å²) in [6.07, 6.45) is -0.497. The van der Waals surface area contributed by atoms with Gasteiger partial charge < -0.3 is 10.4 Å². The van der Waals surface area contributed by atoms with Gasteiger partial charge in [-0.1, -0.05) is 18.2 Å². The highest BCUT2D eigenvalue weighted by Crippen LogP contribution is 2.29. The summed E-state index contributed by atoms with van der Waals surface area (Å²) in [7, 11) is 0. The van der Waals surface area contributed by atoms with E-state index in [2.05, 4.69) is 10.4 Å². The molecule has 1 aromatic heterocycles. The quantitative estimate of drug-likeness (QED) is 0.842. The Balaban J connectivity index is 1.94. The zero-order valence-corrected chi connectivity index (χ0v) is 14.0. The summed E-state index contributed by atoms with van der Waals surface area (Å²) in [5.74, 6) is -0.607. The van der Waals surface area contributed by atoms with E-state index in [1.165, 1.54) is 0 Å². The first-order valence-corrected chi connectivity index (χ1v) is 8.39. The summed E-state index contributed by atoms with van der Waals surface area (Å²) >= 11 is 0. The second-order valence-corrected chi connectivity index (χ2v) is 6.25. The number of halogens is 2. The largest absolute Gasteiger partial charge is 0.396 e. The average Bonchev–Trinajstić information content (AvgIpc) is 3.17. The van der Waals surface area contributed by atoms with E-state index in [0.717, 1.165) is 35.3 Å². The van der Waals surface area contributed by atoms with Gasteiger partial charge in [-0.15, -0.1) is 0 Å². The smallest absolute Gasteiger partial charge is 0.272 e. The fraction of sp³-hybridized carbons (Fsp3) is 0.444. The zero-order valence-electron chi connectivity index (χ0n) is 14.0. The number of fused-ring (bicyclic) bond motifs is 1. The Bertz CT molecular complexity index is 774. The molecule has 0 bridgehead atoms. The molecule has 1 aromatic carbocycles. The van der Waals surface area contributed by atoms with Gasteiger partial charge in [0.2, 0.25) is 0 Å². The maximum absolute atomic E-state index is 13.0. The zero-order chi connectivity index (χ0) is 18.0. The highest BCUT2D eigenvalue weighted by molar-refractivity contribution is 5.94. The number of alkyl halides is 2. The van der Waals surface area contributed by atoms with Crippen LogP contribution >= 0.6 is 0 Å². The van der Waals surface area contributed by atoms with Gasteiger partial charge in [-0.05, 0) is 44.2 Å². The molecule has 3 rings (SSSR count). The molecule has 1 amide bonds. The molecule has 0 saturated carbocycles. The van der Waals surface area contributed by atoms with Crippen molar-refractivity contribution in [3.05, 3.63) is 46.8 Å². The molecule has 1 atom stereocenters. The van der Waals surface area contributed by atoms with Crippen LogP contribution < -0.4 is 5.32 Å². The van der Waals surface area contributed by atoms with E-state index >= 15 is 0 Å². The molecule has 5 nitrogen and oxygen atoms in total. The van der Waals surface area contributed by atoms with Crippen LogP contribution in [0.25, 0.3) is 5.69 Å². The lowest BCUT2D eigenvalue weighted by Gasteiger charge is -2.16. The lowest BCUT2D eigenvalue weighted by Crippen LogP contribution is -2.41. The van der Waals surface area contributed by atoms with E-state index in [9.17, 15) is 13.6 Å². The Morgan fingerprint density at radius 1 is 1.36 bits per heavy atom. The maximum Gasteiger partial charge on any atom is 0.272 e. The first kappa shape index (κ1) is 17.5. The predicted molar refractivity (Wildman–Crippen MR) is 89.3 cm³/mol. The number of carbonyl (C=O) groups is 1. The number of rotatable bonds is 6. The van der Waals surface area contributed by atoms with Gasteiger partial charge in [-0.2, -0.15) is 5.10 Å². The minimum Gasteiger partial charge on any atom is -0.396 e. The van der Waals surface area contributed by atoms with E-state index in [-0.39, 0.29) is 12.1 Å². The molecular weight excluding hydrogens is 328 g/mol. The molecule has 1 heterocycles. The summed E-state index contributed by atoms with van der Waals surface area (Å²) in [5, 5.41) is 15.7. The molecule has 25 heavy (non-hydrogen) atoms. The Morgan fingerprint density at radius 2 is 2.12 bits per heavy atom. The van der Waals surface area contributed by atoms with Gasteiger partial charge in [0.25, 0.3) is 12.3 Å².